The van der Waals surface area contributed by atoms with Crippen molar-refractivity contribution in [3.63, 3.8) is 0 Å². The monoisotopic (exact) mass is 564 g/mol. The standard InChI is InChI=1S/C31H30Cl2N4.ClH/c32-28-12-11-22(19-29(28)33)27-18-23-20-34-31(36-30(23)26-10-3-2-9-25(26)27)35-24-8-6-7-21(17-24)13-16-37-14-4-1-5-15-37;/h2-3,6-12,17,19-20,27H,1,4-5,13-16,18H2,(H,34,35,36);1H/t27-;/m0./s1. The van der Waals surface area contributed by atoms with E-state index in [2.05, 4.69) is 64.8 Å². The minimum atomic E-state index is 0. The Morgan fingerprint density at radius 3 is 2.58 bits per heavy atom. The van der Waals surface area contributed by atoms with Crippen molar-refractivity contribution in [2.45, 2.75) is 38.0 Å². The number of aromatic nitrogens is 2. The number of fused-ring (bicyclic) bond motifs is 3. The van der Waals surface area contributed by atoms with Crippen LogP contribution in [0.15, 0.2) is 72.9 Å². The quantitative estimate of drug-likeness (QED) is 0.255. The van der Waals surface area contributed by atoms with Crippen molar-refractivity contribution in [2.75, 3.05) is 25.0 Å². The fourth-order valence-electron chi connectivity index (χ4n) is 5.63. The number of rotatable bonds is 6. The summed E-state index contributed by atoms with van der Waals surface area (Å²) < 4.78 is 0. The number of likely N-dealkylation sites (tertiary alicyclic amines) is 1. The maximum Gasteiger partial charge on any atom is 0.227 e. The molecule has 1 aliphatic heterocycles. The number of halogens is 3. The molecule has 196 valence electrons. The zero-order valence-corrected chi connectivity index (χ0v) is 23.5. The Labute approximate surface area is 240 Å². The molecule has 1 saturated heterocycles. The average molecular weight is 566 g/mol. The van der Waals surface area contributed by atoms with Crippen LogP contribution in [0.1, 0.15) is 47.4 Å². The third-order valence-corrected chi connectivity index (χ3v) is 8.31. The lowest BCUT2D eigenvalue weighted by atomic mass is 9.78. The van der Waals surface area contributed by atoms with Gasteiger partial charge in [0.15, 0.2) is 0 Å². The molecule has 4 nitrogen and oxygen atoms in total. The zero-order chi connectivity index (χ0) is 25.2. The van der Waals surface area contributed by atoms with Crippen LogP contribution in [0.5, 0.6) is 0 Å². The summed E-state index contributed by atoms with van der Waals surface area (Å²) in [5.41, 5.74) is 8.02. The van der Waals surface area contributed by atoms with Crippen LogP contribution in [-0.4, -0.2) is 34.5 Å². The molecule has 1 N–H and O–H groups in total. The van der Waals surface area contributed by atoms with Crippen LogP contribution in [-0.2, 0) is 12.8 Å². The highest BCUT2D eigenvalue weighted by atomic mass is 35.5. The first-order valence-corrected chi connectivity index (χ1v) is 13.9. The predicted molar refractivity (Wildman–Crippen MR) is 160 cm³/mol. The SMILES string of the molecule is Cl.Clc1ccc([C@@H]2Cc3cnc(Nc4cccc(CCN5CCCCC5)c4)nc3-c3ccccc32)cc1Cl. The number of nitrogens with one attached hydrogen (secondary N) is 1. The maximum atomic E-state index is 6.36. The molecule has 0 radical (unpaired) electrons. The van der Waals surface area contributed by atoms with E-state index in [0.29, 0.717) is 16.0 Å². The first kappa shape index (κ1) is 27.0. The molecule has 38 heavy (non-hydrogen) atoms. The van der Waals surface area contributed by atoms with Crippen molar-refractivity contribution in [1.29, 1.82) is 0 Å². The van der Waals surface area contributed by atoms with Gasteiger partial charge >= 0.3 is 0 Å². The minimum Gasteiger partial charge on any atom is -0.324 e. The number of anilines is 2. The van der Waals surface area contributed by atoms with Gasteiger partial charge in [-0.15, -0.1) is 12.4 Å². The highest BCUT2D eigenvalue weighted by Crippen LogP contribution is 2.43. The summed E-state index contributed by atoms with van der Waals surface area (Å²) in [5.74, 6) is 0.798. The molecule has 1 aliphatic carbocycles. The molecular weight excluding hydrogens is 535 g/mol. The van der Waals surface area contributed by atoms with E-state index in [0.717, 1.165) is 47.5 Å². The van der Waals surface area contributed by atoms with Crippen molar-refractivity contribution >= 4 is 47.2 Å². The summed E-state index contributed by atoms with van der Waals surface area (Å²) in [7, 11) is 0. The van der Waals surface area contributed by atoms with Crippen LogP contribution in [0.4, 0.5) is 11.6 Å². The summed E-state index contributed by atoms with van der Waals surface area (Å²) in [4.78, 5) is 12.3. The molecule has 3 aromatic carbocycles. The van der Waals surface area contributed by atoms with E-state index in [1.165, 1.54) is 43.5 Å². The fourth-order valence-corrected chi connectivity index (χ4v) is 5.93. The van der Waals surface area contributed by atoms with Gasteiger partial charge in [0.1, 0.15) is 0 Å². The molecule has 0 saturated carbocycles. The van der Waals surface area contributed by atoms with Crippen LogP contribution in [0.3, 0.4) is 0 Å². The molecule has 6 rings (SSSR count). The Morgan fingerprint density at radius 1 is 0.895 bits per heavy atom. The number of hydrogen-bond donors (Lipinski definition) is 1. The van der Waals surface area contributed by atoms with Gasteiger partial charge in [0.2, 0.25) is 5.95 Å². The third-order valence-electron chi connectivity index (χ3n) is 7.57. The molecule has 1 aromatic heterocycles. The smallest absolute Gasteiger partial charge is 0.227 e. The van der Waals surface area contributed by atoms with E-state index in [1.807, 2.05) is 18.3 Å². The van der Waals surface area contributed by atoms with Gasteiger partial charge in [0, 0.05) is 29.9 Å². The van der Waals surface area contributed by atoms with E-state index >= 15 is 0 Å². The van der Waals surface area contributed by atoms with Crippen LogP contribution in [0, 0.1) is 0 Å². The first-order valence-electron chi connectivity index (χ1n) is 13.1. The summed E-state index contributed by atoms with van der Waals surface area (Å²) in [5, 5.41) is 4.61. The summed E-state index contributed by atoms with van der Waals surface area (Å²) in [6.45, 7) is 3.58. The van der Waals surface area contributed by atoms with E-state index in [4.69, 9.17) is 33.2 Å². The van der Waals surface area contributed by atoms with E-state index in [9.17, 15) is 0 Å². The molecule has 1 atom stereocenters. The predicted octanol–water partition coefficient (Wildman–Crippen LogP) is 8.33. The van der Waals surface area contributed by atoms with Gasteiger partial charge in [-0.05, 0) is 85.3 Å². The fraction of sp³-hybridized carbons (Fsp3) is 0.290. The van der Waals surface area contributed by atoms with Gasteiger partial charge in [0.25, 0.3) is 0 Å². The van der Waals surface area contributed by atoms with E-state index in [1.54, 1.807) is 0 Å². The Hall–Kier alpha value is -2.63. The lowest BCUT2D eigenvalue weighted by Crippen LogP contribution is -2.31. The van der Waals surface area contributed by atoms with E-state index in [-0.39, 0.29) is 18.3 Å². The van der Waals surface area contributed by atoms with E-state index < -0.39 is 0 Å². The molecular formula is C31H31Cl3N4. The highest BCUT2D eigenvalue weighted by Gasteiger charge is 2.27. The van der Waals surface area contributed by atoms with Gasteiger partial charge in [-0.2, -0.15) is 0 Å². The van der Waals surface area contributed by atoms with Gasteiger partial charge in [0.05, 0.1) is 15.7 Å². The largest absolute Gasteiger partial charge is 0.324 e. The molecule has 0 bridgehead atoms. The van der Waals surface area contributed by atoms with Gasteiger partial charge in [-0.1, -0.05) is 72.1 Å². The van der Waals surface area contributed by atoms with Crippen LogP contribution < -0.4 is 5.32 Å². The second kappa shape index (κ2) is 12.0. The Kier molecular flexibility index (Phi) is 8.54. The molecule has 4 aromatic rings. The number of hydrogen-bond acceptors (Lipinski definition) is 4. The number of piperidine rings is 1. The molecule has 7 heteroatoms. The molecule has 2 aliphatic rings. The van der Waals surface area contributed by atoms with Crippen LogP contribution in [0.25, 0.3) is 11.3 Å². The molecule has 1 fully saturated rings. The van der Waals surface area contributed by atoms with Gasteiger partial charge < -0.3 is 10.2 Å². The first-order chi connectivity index (χ1) is 18.1. The minimum absolute atomic E-state index is 0. The van der Waals surface area contributed by atoms with Crippen molar-refractivity contribution < 1.29 is 0 Å². The van der Waals surface area contributed by atoms with Crippen LogP contribution in [0.2, 0.25) is 10.0 Å². The lowest BCUT2D eigenvalue weighted by Gasteiger charge is -2.28. The second-order valence-corrected chi connectivity index (χ2v) is 10.9. The highest BCUT2D eigenvalue weighted by molar-refractivity contribution is 6.42. The molecule has 0 unspecified atom stereocenters. The maximum absolute atomic E-state index is 6.36. The summed E-state index contributed by atoms with van der Waals surface area (Å²) in [6, 6.07) is 23.0. The topological polar surface area (TPSA) is 41.1 Å². The summed E-state index contributed by atoms with van der Waals surface area (Å²) in [6.07, 6.45) is 7.87. The van der Waals surface area contributed by atoms with Gasteiger partial charge in [-0.3, -0.25) is 0 Å². The lowest BCUT2D eigenvalue weighted by molar-refractivity contribution is 0.231. The molecule has 0 spiro atoms. The molecule has 0 amide bonds. The molecule has 2 heterocycles. The Morgan fingerprint density at radius 2 is 1.74 bits per heavy atom. The van der Waals surface area contributed by atoms with Crippen molar-refractivity contribution in [3.05, 3.63) is 105 Å². The normalized spacial score (nSPS) is 16.7. The Balaban J connectivity index is 0.00000294. The second-order valence-electron chi connectivity index (χ2n) is 10.1. The van der Waals surface area contributed by atoms with Gasteiger partial charge in [-0.25, -0.2) is 9.97 Å². The van der Waals surface area contributed by atoms with Crippen molar-refractivity contribution in [1.82, 2.24) is 14.9 Å². The number of nitrogens with zero attached hydrogens (tertiary/aromatic N) is 3. The Bertz CT molecular complexity index is 1420. The average Bonchev–Trinajstić information content (AvgIpc) is 2.94. The summed E-state index contributed by atoms with van der Waals surface area (Å²) >= 11 is 12.5. The zero-order valence-electron chi connectivity index (χ0n) is 21.2. The third kappa shape index (κ3) is 5.84. The van der Waals surface area contributed by atoms with Crippen LogP contribution >= 0.6 is 35.6 Å². The van der Waals surface area contributed by atoms with Crippen molar-refractivity contribution in [2.24, 2.45) is 0 Å². The number of benzene rings is 3. The van der Waals surface area contributed by atoms with Crippen molar-refractivity contribution in [3.8, 4) is 11.3 Å².